The molecule has 4 aromatic rings. The first-order valence-electron chi connectivity index (χ1n) is 12.5. The van der Waals surface area contributed by atoms with Crippen LogP contribution in [0.5, 0.6) is 0 Å². The van der Waals surface area contributed by atoms with Crippen LogP contribution in [-0.2, 0) is 10.3 Å². The molecule has 1 fully saturated rings. The molecule has 1 saturated heterocycles. The SMILES string of the molecule is CC(C)(C)CNc1c(C#N)cnc2c(Cl)cc(NC(c3cn(C4(CO)COC4)nn3)c3ccccc3Cl)cc12. The average molecular weight is 566 g/mol. The van der Waals surface area contributed by atoms with E-state index in [0.717, 1.165) is 10.9 Å². The molecule has 2 aromatic carbocycles. The van der Waals surface area contributed by atoms with Crippen molar-refractivity contribution >= 4 is 45.5 Å². The van der Waals surface area contributed by atoms with E-state index in [1.807, 2.05) is 30.3 Å². The fourth-order valence-corrected chi connectivity index (χ4v) is 4.95. The van der Waals surface area contributed by atoms with Gasteiger partial charge in [0, 0.05) is 28.8 Å². The van der Waals surface area contributed by atoms with Gasteiger partial charge in [0.1, 0.15) is 17.3 Å². The van der Waals surface area contributed by atoms with Crippen molar-refractivity contribution in [1.29, 1.82) is 5.26 Å². The number of nitrogens with one attached hydrogen (secondary N) is 2. The second kappa shape index (κ2) is 10.6. The third kappa shape index (κ3) is 5.38. The van der Waals surface area contributed by atoms with Gasteiger partial charge in [0.25, 0.3) is 0 Å². The molecule has 3 N–H and O–H groups in total. The summed E-state index contributed by atoms with van der Waals surface area (Å²) in [4.78, 5) is 4.46. The summed E-state index contributed by atoms with van der Waals surface area (Å²) in [5.41, 5.74) is 3.14. The second-order valence-corrected chi connectivity index (χ2v) is 11.8. The van der Waals surface area contributed by atoms with E-state index in [4.69, 9.17) is 27.9 Å². The summed E-state index contributed by atoms with van der Waals surface area (Å²) in [6.45, 7) is 7.61. The summed E-state index contributed by atoms with van der Waals surface area (Å²) in [6, 6.07) is 13.0. The molecule has 39 heavy (non-hydrogen) atoms. The van der Waals surface area contributed by atoms with Crippen molar-refractivity contribution in [2.24, 2.45) is 5.41 Å². The lowest BCUT2D eigenvalue weighted by Gasteiger charge is -2.39. The normalized spacial score (nSPS) is 15.4. The third-order valence-corrected chi connectivity index (χ3v) is 7.33. The number of benzene rings is 2. The first-order chi connectivity index (χ1) is 18.6. The van der Waals surface area contributed by atoms with Gasteiger partial charge in [0.2, 0.25) is 0 Å². The fraction of sp³-hybridized carbons (Fsp3) is 0.357. The molecular weight excluding hydrogens is 537 g/mol. The van der Waals surface area contributed by atoms with Crippen LogP contribution in [0.25, 0.3) is 10.9 Å². The van der Waals surface area contributed by atoms with Gasteiger partial charge in [0.05, 0.1) is 53.8 Å². The smallest absolute Gasteiger partial charge is 0.134 e. The van der Waals surface area contributed by atoms with Crippen LogP contribution in [0.1, 0.15) is 43.6 Å². The van der Waals surface area contributed by atoms with Gasteiger partial charge in [-0.15, -0.1) is 5.10 Å². The van der Waals surface area contributed by atoms with Crippen molar-refractivity contribution < 1.29 is 9.84 Å². The van der Waals surface area contributed by atoms with Crippen LogP contribution in [-0.4, -0.2) is 51.4 Å². The van der Waals surface area contributed by atoms with Crippen molar-refractivity contribution in [3.05, 3.63) is 75.7 Å². The Morgan fingerprint density at radius 3 is 2.62 bits per heavy atom. The lowest BCUT2D eigenvalue weighted by molar-refractivity contribution is -0.130. The number of anilines is 2. The van der Waals surface area contributed by atoms with E-state index < -0.39 is 11.6 Å². The molecule has 11 heteroatoms. The van der Waals surface area contributed by atoms with Gasteiger partial charge in [-0.05, 0) is 29.2 Å². The Morgan fingerprint density at radius 1 is 1.21 bits per heavy atom. The molecule has 1 unspecified atom stereocenters. The van der Waals surface area contributed by atoms with Gasteiger partial charge in [-0.2, -0.15) is 5.26 Å². The Balaban J connectivity index is 1.59. The fourth-order valence-electron chi connectivity index (χ4n) is 4.43. The molecule has 2 aromatic heterocycles. The topological polar surface area (TPSA) is 121 Å². The molecule has 5 rings (SSSR count). The number of ether oxygens (including phenoxy) is 1. The van der Waals surface area contributed by atoms with Crippen LogP contribution in [0, 0.1) is 16.7 Å². The molecular formula is C28H29Cl2N7O2. The summed E-state index contributed by atoms with van der Waals surface area (Å²) in [5, 5.41) is 37.2. The number of nitrogens with zero attached hydrogens (tertiary/aromatic N) is 5. The summed E-state index contributed by atoms with van der Waals surface area (Å²) < 4.78 is 7.00. The van der Waals surface area contributed by atoms with Crippen LogP contribution in [0.2, 0.25) is 10.0 Å². The monoisotopic (exact) mass is 565 g/mol. The van der Waals surface area contributed by atoms with Crippen LogP contribution in [0.3, 0.4) is 0 Å². The zero-order valence-corrected chi connectivity index (χ0v) is 23.4. The summed E-state index contributed by atoms with van der Waals surface area (Å²) in [7, 11) is 0. The Labute approximate surface area is 236 Å². The number of rotatable bonds is 8. The maximum Gasteiger partial charge on any atom is 0.134 e. The van der Waals surface area contributed by atoms with Crippen molar-refractivity contribution in [3.8, 4) is 6.07 Å². The molecule has 0 aliphatic carbocycles. The molecule has 0 saturated carbocycles. The third-order valence-electron chi connectivity index (χ3n) is 6.70. The zero-order chi connectivity index (χ0) is 27.8. The minimum atomic E-state index is -0.629. The molecule has 1 aliphatic heterocycles. The second-order valence-electron chi connectivity index (χ2n) is 11.0. The zero-order valence-electron chi connectivity index (χ0n) is 21.9. The molecule has 1 atom stereocenters. The first-order valence-corrected chi connectivity index (χ1v) is 13.3. The average Bonchev–Trinajstić information content (AvgIpc) is 3.35. The summed E-state index contributed by atoms with van der Waals surface area (Å²) in [5.74, 6) is 0. The van der Waals surface area contributed by atoms with Gasteiger partial charge < -0.3 is 20.5 Å². The van der Waals surface area contributed by atoms with Crippen molar-refractivity contribution in [2.75, 3.05) is 37.0 Å². The molecule has 0 radical (unpaired) electrons. The Hall–Kier alpha value is -3.42. The largest absolute Gasteiger partial charge is 0.394 e. The molecule has 0 amide bonds. The molecule has 202 valence electrons. The molecule has 0 bridgehead atoms. The van der Waals surface area contributed by atoms with E-state index in [1.54, 1.807) is 23.1 Å². The van der Waals surface area contributed by atoms with Gasteiger partial charge in [-0.1, -0.05) is 67.4 Å². The molecule has 3 heterocycles. The quantitative estimate of drug-likeness (QED) is 0.260. The van der Waals surface area contributed by atoms with Gasteiger partial charge in [0.15, 0.2) is 0 Å². The van der Waals surface area contributed by atoms with Crippen LogP contribution in [0.4, 0.5) is 11.4 Å². The predicted molar refractivity (Wildman–Crippen MR) is 152 cm³/mol. The minimum absolute atomic E-state index is 0.0135. The van der Waals surface area contributed by atoms with E-state index in [2.05, 4.69) is 52.8 Å². The summed E-state index contributed by atoms with van der Waals surface area (Å²) >= 11 is 13.4. The Kier molecular flexibility index (Phi) is 7.40. The number of halogens is 2. The van der Waals surface area contributed by atoms with Crippen molar-refractivity contribution in [1.82, 2.24) is 20.0 Å². The highest BCUT2D eigenvalue weighted by atomic mass is 35.5. The van der Waals surface area contributed by atoms with Gasteiger partial charge >= 0.3 is 0 Å². The van der Waals surface area contributed by atoms with Crippen molar-refractivity contribution in [2.45, 2.75) is 32.4 Å². The summed E-state index contributed by atoms with van der Waals surface area (Å²) in [6.07, 6.45) is 3.34. The number of fused-ring (bicyclic) bond motifs is 1. The number of aliphatic hydroxyl groups excluding tert-OH is 1. The highest BCUT2D eigenvalue weighted by molar-refractivity contribution is 6.36. The van der Waals surface area contributed by atoms with E-state index in [0.29, 0.717) is 58.0 Å². The van der Waals surface area contributed by atoms with Crippen molar-refractivity contribution in [3.63, 3.8) is 0 Å². The van der Waals surface area contributed by atoms with E-state index >= 15 is 0 Å². The lowest BCUT2D eigenvalue weighted by Crippen LogP contribution is -2.54. The van der Waals surface area contributed by atoms with Gasteiger partial charge in [-0.3, -0.25) is 4.98 Å². The van der Waals surface area contributed by atoms with Crippen LogP contribution in [0.15, 0.2) is 48.8 Å². The minimum Gasteiger partial charge on any atom is -0.394 e. The predicted octanol–water partition coefficient (Wildman–Crippen LogP) is 5.38. The maximum absolute atomic E-state index is 9.97. The standard InChI is InChI=1S/C28H29Cl2N7O2/c1-27(2,3)13-33-24-17(10-31)11-32-25-20(24)8-18(9-22(25)30)34-26(19-6-4-5-7-21(19)29)23-12-37(36-35-23)28(14-38)15-39-16-28/h4-9,11-12,26,34,38H,13-16H2,1-3H3,(H,32,33). The molecule has 9 nitrogen and oxygen atoms in total. The first kappa shape index (κ1) is 27.2. The maximum atomic E-state index is 9.97. The van der Waals surface area contributed by atoms with Crippen LogP contribution >= 0.6 is 23.2 Å². The number of hydrogen-bond acceptors (Lipinski definition) is 8. The van der Waals surface area contributed by atoms with E-state index in [-0.39, 0.29) is 12.0 Å². The van der Waals surface area contributed by atoms with Gasteiger partial charge in [-0.25, -0.2) is 4.68 Å². The number of aromatic nitrogens is 4. The molecule has 1 aliphatic rings. The Bertz CT molecular complexity index is 1550. The number of pyridine rings is 1. The lowest BCUT2D eigenvalue weighted by atomic mass is 9.96. The van der Waals surface area contributed by atoms with E-state index in [9.17, 15) is 10.4 Å². The Morgan fingerprint density at radius 2 is 1.97 bits per heavy atom. The highest BCUT2D eigenvalue weighted by Crippen LogP contribution is 2.37. The highest BCUT2D eigenvalue weighted by Gasteiger charge is 2.41. The number of aliphatic hydroxyl groups is 1. The molecule has 0 spiro atoms. The van der Waals surface area contributed by atoms with Crippen LogP contribution < -0.4 is 10.6 Å². The number of nitriles is 1. The van der Waals surface area contributed by atoms with E-state index in [1.165, 1.54) is 0 Å². The number of hydrogen-bond donors (Lipinski definition) is 3.